The molecule has 3 rings (SSSR count). The number of ether oxygens (including phenoxy) is 1. The summed E-state index contributed by atoms with van der Waals surface area (Å²) in [5.74, 6) is -0.887. The summed E-state index contributed by atoms with van der Waals surface area (Å²) in [5, 5.41) is 8.89. The first kappa shape index (κ1) is 41.1. The van der Waals surface area contributed by atoms with E-state index in [1.165, 1.54) is 18.4 Å². The van der Waals surface area contributed by atoms with Crippen molar-refractivity contribution < 1.29 is 23.9 Å². The van der Waals surface area contributed by atoms with Gasteiger partial charge in [0.05, 0.1) is 24.1 Å². The van der Waals surface area contributed by atoms with Crippen LogP contribution >= 0.6 is 11.3 Å². The Morgan fingerprint density at radius 2 is 1.78 bits per heavy atom. The summed E-state index contributed by atoms with van der Waals surface area (Å²) in [6, 6.07) is 8.75. The number of carbonyl (C=O) groups is 4. The second-order valence-electron chi connectivity index (χ2n) is 14.4. The quantitative estimate of drug-likeness (QED) is 0.174. The van der Waals surface area contributed by atoms with Crippen molar-refractivity contribution in [2.45, 2.75) is 123 Å². The molecule has 1 aliphatic heterocycles. The Kier molecular flexibility index (Phi) is 16.9. The molecule has 11 heteroatoms. The molecule has 0 unspecified atom stereocenters. The van der Waals surface area contributed by atoms with Crippen molar-refractivity contribution in [1.29, 1.82) is 0 Å². The number of hydrogen-bond acceptors (Lipinski definition) is 8. The minimum Gasteiger partial charge on any atom is -0.469 e. The molecular weight excluding hydrogens is 651 g/mol. The van der Waals surface area contributed by atoms with E-state index in [0.717, 1.165) is 55.8 Å². The molecule has 278 valence electrons. The van der Waals surface area contributed by atoms with Crippen molar-refractivity contribution in [1.82, 2.24) is 25.4 Å². The van der Waals surface area contributed by atoms with Gasteiger partial charge in [0.1, 0.15) is 11.7 Å². The fraction of sp³-hybridized carbons (Fsp3) is 0.667. The number of esters is 1. The predicted octanol–water partition coefficient (Wildman–Crippen LogP) is 5.89. The van der Waals surface area contributed by atoms with Crippen LogP contribution in [0.2, 0.25) is 0 Å². The lowest BCUT2D eigenvalue weighted by Crippen LogP contribution is -2.58. The molecule has 2 N–H and O–H groups in total. The number of piperidine rings is 1. The first-order chi connectivity index (χ1) is 23.9. The Balaban J connectivity index is 1.67. The third-order valence-electron chi connectivity index (χ3n) is 10.2. The molecule has 1 fully saturated rings. The molecule has 10 nitrogen and oxygen atoms in total. The summed E-state index contributed by atoms with van der Waals surface area (Å²) in [5.41, 5.74) is 1.41. The average molecular weight is 712 g/mol. The number of nitrogens with one attached hydrogen (secondary N) is 2. The second kappa shape index (κ2) is 20.5. The first-order valence-electron chi connectivity index (χ1n) is 18.6. The minimum atomic E-state index is -0.593. The van der Waals surface area contributed by atoms with Crippen molar-refractivity contribution in [3.63, 3.8) is 0 Å². The van der Waals surface area contributed by atoms with Gasteiger partial charge in [-0.3, -0.25) is 24.1 Å². The molecule has 1 aromatic heterocycles. The SMILES string of the molecule is CCCN1CCCC[C@@H]1C(=O)N[C@H](C(=O)N(C)[C@H](CCc1nc(C(=O)N[C@@H](Cc2ccccc2)C[C@H](C)C(=O)OC)cs1)C(C)C)[C@@H](C)CC. The van der Waals surface area contributed by atoms with Gasteiger partial charge in [0.15, 0.2) is 0 Å². The van der Waals surface area contributed by atoms with Gasteiger partial charge in [0, 0.05) is 30.9 Å². The van der Waals surface area contributed by atoms with E-state index in [9.17, 15) is 19.2 Å². The van der Waals surface area contributed by atoms with Crippen molar-refractivity contribution in [2.75, 3.05) is 27.2 Å². The van der Waals surface area contributed by atoms with E-state index < -0.39 is 6.04 Å². The molecule has 50 heavy (non-hydrogen) atoms. The second-order valence-corrected chi connectivity index (χ2v) is 15.3. The predicted molar refractivity (Wildman–Crippen MR) is 200 cm³/mol. The zero-order chi connectivity index (χ0) is 36.8. The van der Waals surface area contributed by atoms with Gasteiger partial charge in [-0.25, -0.2) is 4.98 Å². The Bertz CT molecular complexity index is 1370. The third-order valence-corrected chi connectivity index (χ3v) is 11.1. The molecule has 1 aromatic carbocycles. The molecule has 0 radical (unpaired) electrons. The number of methoxy groups -OCH3 is 1. The number of aryl methyl sites for hydroxylation is 1. The molecule has 1 saturated heterocycles. The third kappa shape index (κ3) is 11.9. The zero-order valence-electron chi connectivity index (χ0n) is 31.6. The summed E-state index contributed by atoms with van der Waals surface area (Å²) in [7, 11) is 3.22. The molecule has 6 atom stereocenters. The van der Waals surface area contributed by atoms with Crippen LogP contribution in [0.5, 0.6) is 0 Å². The van der Waals surface area contributed by atoms with E-state index in [1.54, 1.807) is 12.3 Å². The molecule has 0 aliphatic carbocycles. The van der Waals surface area contributed by atoms with Crippen molar-refractivity contribution >= 4 is 35.0 Å². The van der Waals surface area contributed by atoms with E-state index in [2.05, 4.69) is 48.2 Å². The maximum absolute atomic E-state index is 14.1. The van der Waals surface area contributed by atoms with E-state index in [-0.39, 0.29) is 59.6 Å². The molecule has 2 heterocycles. The molecule has 0 bridgehead atoms. The first-order valence-corrected chi connectivity index (χ1v) is 19.5. The highest BCUT2D eigenvalue weighted by Crippen LogP contribution is 2.23. The van der Waals surface area contributed by atoms with E-state index in [0.29, 0.717) is 31.4 Å². The fourth-order valence-electron chi connectivity index (χ4n) is 7.01. The molecule has 0 saturated carbocycles. The lowest BCUT2D eigenvalue weighted by Gasteiger charge is -2.38. The number of nitrogens with zero attached hydrogens (tertiary/aromatic N) is 3. The van der Waals surface area contributed by atoms with Crippen LogP contribution in [0.4, 0.5) is 0 Å². The molecule has 0 spiro atoms. The van der Waals surface area contributed by atoms with Gasteiger partial charge < -0.3 is 20.3 Å². The summed E-state index contributed by atoms with van der Waals surface area (Å²) in [6.45, 7) is 14.1. The molecular formula is C39H61N5O5S. The van der Waals surface area contributed by atoms with Crippen LogP contribution in [-0.2, 0) is 32.0 Å². The number of benzene rings is 1. The van der Waals surface area contributed by atoms with Crippen LogP contribution in [0.1, 0.15) is 108 Å². The number of amides is 3. The maximum atomic E-state index is 14.1. The highest BCUT2D eigenvalue weighted by molar-refractivity contribution is 7.09. The minimum absolute atomic E-state index is 0.00807. The monoisotopic (exact) mass is 711 g/mol. The van der Waals surface area contributed by atoms with E-state index in [1.807, 2.05) is 49.2 Å². The normalized spacial score (nSPS) is 18.1. The van der Waals surface area contributed by atoms with E-state index in [4.69, 9.17) is 4.74 Å². The molecule has 2 aromatic rings. The molecule has 3 amide bonds. The highest BCUT2D eigenvalue weighted by atomic mass is 32.1. The Labute approximate surface area is 304 Å². The zero-order valence-corrected chi connectivity index (χ0v) is 32.4. The standard InChI is InChI=1S/C39H61N5O5S/c1-9-21-44-22-15-14-18-33(44)37(46)42-35(27(5)10-2)38(47)43(7)32(26(3)4)19-20-34-41-31(25-50-34)36(45)40-30(23-28(6)39(48)49-8)24-29-16-12-11-13-17-29/h11-13,16-17,25-28,30,32-33,35H,9-10,14-15,18-24H2,1-8H3,(H,40,45)(H,42,46)/t27-,28-,30+,32+,33+,35-/m0/s1. The number of rotatable bonds is 19. The fourth-order valence-corrected chi connectivity index (χ4v) is 7.80. The van der Waals surface area contributed by atoms with Crippen LogP contribution in [0.3, 0.4) is 0 Å². The average Bonchev–Trinajstić information content (AvgIpc) is 3.59. The van der Waals surface area contributed by atoms with Crippen molar-refractivity contribution in [2.24, 2.45) is 17.8 Å². The van der Waals surface area contributed by atoms with Gasteiger partial charge in [-0.1, -0.05) is 84.7 Å². The van der Waals surface area contributed by atoms with Crippen LogP contribution < -0.4 is 10.6 Å². The largest absolute Gasteiger partial charge is 0.469 e. The van der Waals surface area contributed by atoms with Crippen molar-refractivity contribution in [3.8, 4) is 0 Å². The summed E-state index contributed by atoms with van der Waals surface area (Å²) < 4.78 is 4.93. The van der Waals surface area contributed by atoms with Crippen LogP contribution in [0.15, 0.2) is 35.7 Å². The number of carbonyl (C=O) groups excluding carboxylic acids is 4. The van der Waals surface area contributed by atoms with Crippen LogP contribution in [-0.4, -0.2) is 89.9 Å². The van der Waals surface area contributed by atoms with Gasteiger partial charge in [-0.2, -0.15) is 0 Å². The number of aromatic nitrogens is 1. The highest BCUT2D eigenvalue weighted by Gasteiger charge is 2.36. The lowest BCUT2D eigenvalue weighted by atomic mass is 9.93. The Morgan fingerprint density at radius 3 is 2.42 bits per heavy atom. The van der Waals surface area contributed by atoms with Gasteiger partial charge in [0.2, 0.25) is 11.8 Å². The number of likely N-dealkylation sites (tertiary alicyclic amines) is 1. The number of hydrogen-bond donors (Lipinski definition) is 2. The summed E-state index contributed by atoms with van der Waals surface area (Å²) in [6.07, 6.45) is 7.03. The van der Waals surface area contributed by atoms with Gasteiger partial charge in [0.25, 0.3) is 5.91 Å². The lowest BCUT2D eigenvalue weighted by molar-refractivity contribution is -0.145. The van der Waals surface area contributed by atoms with Crippen LogP contribution in [0.25, 0.3) is 0 Å². The number of thiazole rings is 1. The molecule has 1 aliphatic rings. The summed E-state index contributed by atoms with van der Waals surface area (Å²) in [4.78, 5) is 62.0. The van der Waals surface area contributed by atoms with Gasteiger partial charge >= 0.3 is 5.97 Å². The van der Waals surface area contributed by atoms with Crippen molar-refractivity contribution in [3.05, 3.63) is 52.0 Å². The van der Waals surface area contributed by atoms with E-state index >= 15 is 0 Å². The maximum Gasteiger partial charge on any atom is 0.308 e. The number of likely N-dealkylation sites (N-methyl/N-ethyl adjacent to an activating group) is 1. The summed E-state index contributed by atoms with van der Waals surface area (Å²) >= 11 is 1.44. The Morgan fingerprint density at radius 1 is 1.06 bits per heavy atom. The van der Waals surface area contributed by atoms with Crippen LogP contribution in [0, 0.1) is 17.8 Å². The topological polar surface area (TPSA) is 121 Å². The van der Waals surface area contributed by atoms with Gasteiger partial charge in [-0.15, -0.1) is 11.3 Å². The Hall–Kier alpha value is -3.31. The van der Waals surface area contributed by atoms with Gasteiger partial charge in [-0.05, 0) is 69.0 Å². The smallest absolute Gasteiger partial charge is 0.308 e.